The molecule has 1 nitrogen and oxygen atoms in total. The van der Waals surface area contributed by atoms with Crippen LogP contribution in [0.5, 0.6) is 0 Å². The summed E-state index contributed by atoms with van der Waals surface area (Å²) in [6.45, 7) is 4.46. The first-order chi connectivity index (χ1) is 8.94. The molecule has 0 amide bonds. The van der Waals surface area contributed by atoms with Crippen LogP contribution in [-0.2, 0) is 10.8 Å². The standard InChI is InChI=1S/C15H24F2OSi/c1-18-19(2,3)11-7-5-4-6-8-13-9-10-14(16)15(17)12-13/h9-10,12H,4-8,11H2,1-3H3. The molecule has 1 aromatic rings. The number of benzene rings is 1. The highest BCUT2D eigenvalue weighted by Crippen LogP contribution is 2.17. The molecule has 0 bridgehead atoms. The van der Waals surface area contributed by atoms with E-state index in [1.165, 1.54) is 31.0 Å². The van der Waals surface area contributed by atoms with Gasteiger partial charge in [-0.1, -0.05) is 25.3 Å². The number of hydrogen-bond acceptors (Lipinski definition) is 1. The Morgan fingerprint density at radius 1 is 1.00 bits per heavy atom. The van der Waals surface area contributed by atoms with E-state index in [0.717, 1.165) is 24.8 Å². The van der Waals surface area contributed by atoms with Crippen LogP contribution >= 0.6 is 0 Å². The first-order valence-corrected chi connectivity index (χ1v) is 10.1. The lowest BCUT2D eigenvalue weighted by molar-refractivity contribution is 0.401. The van der Waals surface area contributed by atoms with Crippen molar-refractivity contribution in [3.63, 3.8) is 0 Å². The van der Waals surface area contributed by atoms with Gasteiger partial charge in [0.25, 0.3) is 0 Å². The number of unbranched alkanes of at least 4 members (excludes halogenated alkanes) is 3. The van der Waals surface area contributed by atoms with Crippen LogP contribution in [0.1, 0.15) is 31.2 Å². The zero-order chi connectivity index (χ0) is 14.3. The zero-order valence-corrected chi connectivity index (χ0v) is 13.1. The molecule has 0 aliphatic rings. The number of hydrogen-bond donors (Lipinski definition) is 0. The smallest absolute Gasteiger partial charge is 0.186 e. The molecule has 0 atom stereocenters. The van der Waals surface area contributed by atoms with Gasteiger partial charge in [-0.25, -0.2) is 8.78 Å². The Morgan fingerprint density at radius 3 is 2.32 bits per heavy atom. The summed E-state index contributed by atoms with van der Waals surface area (Å²) >= 11 is 0. The summed E-state index contributed by atoms with van der Waals surface area (Å²) in [5.41, 5.74) is 0.880. The number of aryl methyl sites for hydroxylation is 1. The van der Waals surface area contributed by atoms with E-state index >= 15 is 0 Å². The van der Waals surface area contributed by atoms with Gasteiger partial charge in [-0.05, 0) is 49.7 Å². The Labute approximate surface area is 116 Å². The van der Waals surface area contributed by atoms with Gasteiger partial charge in [0, 0.05) is 7.11 Å². The van der Waals surface area contributed by atoms with Crippen LogP contribution in [0.4, 0.5) is 8.78 Å². The van der Waals surface area contributed by atoms with Gasteiger partial charge in [0.2, 0.25) is 0 Å². The minimum Gasteiger partial charge on any atom is -0.420 e. The fraction of sp³-hybridized carbons (Fsp3) is 0.600. The monoisotopic (exact) mass is 286 g/mol. The van der Waals surface area contributed by atoms with E-state index in [1.54, 1.807) is 13.2 Å². The summed E-state index contributed by atoms with van der Waals surface area (Å²) in [5.74, 6) is -1.51. The van der Waals surface area contributed by atoms with Crippen molar-refractivity contribution in [2.75, 3.05) is 7.11 Å². The van der Waals surface area contributed by atoms with Gasteiger partial charge in [-0.15, -0.1) is 0 Å². The van der Waals surface area contributed by atoms with Gasteiger partial charge in [-0.2, -0.15) is 0 Å². The lowest BCUT2D eigenvalue weighted by Crippen LogP contribution is -2.27. The summed E-state index contributed by atoms with van der Waals surface area (Å²) in [6, 6.07) is 5.36. The minimum atomic E-state index is -1.41. The maximum atomic E-state index is 13.0. The molecule has 0 unspecified atom stereocenters. The molecule has 0 saturated carbocycles. The van der Waals surface area contributed by atoms with Gasteiger partial charge in [0.1, 0.15) is 0 Å². The molecular formula is C15H24F2OSi. The lowest BCUT2D eigenvalue weighted by Gasteiger charge is -2.19. The van der Waals surface area contributed by atoms with Crippen LogP contribution in [0.2, 0.25) is 19.1 Å². The van der Waals surface area contributed by atoms with Crippen molar-refractivity contribution in [2.24, 2.45) is 0 Å². The molecule has 0 radical (unpaired) electrons. The molecule has 0 saturated heterocycles. The lowest BCUT2D eigenvalue weighted by atomic mass is 10.1. The Morgan fingerprint density at radius 2 is 1.68 bits per heavy atom. The normalized spacial score (nSPS) is 11.8. The van der Waals surface area contributed by atoms with Crippen LogP contribution in [0.15, 0.2) is 18.2 Å². The highest BCUT2D eigenvalue weighted by Gasteiger charge is 2.19. The van der Waals surface area contributed by atoms with Crippen molar-refractivity contribution >= 4 is 8.32 Å². The first kappa shape index (κ1) is 16.3. The molecule has 1 rings (SSSR count). The summed E-state index contributed by atoms with van der Waals surface area (Å²) < 4.78 is 31.2. The molecule has 0 aliphatic heterocycles. The van der Waals surface area contributed by atoms with Crippen LogP contribution in [0.25, 0.3) is 0 Å². The average molecular weight is 286 g/mol. The molecule has 0 fully saturated rings. The second-order valence-corrected chi connectivity index (χ2v) is 10.1. The zero-order valence-electron chi connectivity index (χ0n) is 12.1. The second kappa shape index (κ2) is 7.75. The minimum absolute atomic E-state index is 0.745. The van der Waals surface area contributed by atoms with Gasteiger partial charge in [0.15, 0.2) is 20.0 Å². The fourth-order valence-electron chi connectivity index (χ4n) is 2.03. The molecule has 108 valence electrons. The SMILES string of the molecule is CO[Si](C)(C)CCCCCCc1ccc(F)c(F)c1. The predicted molar refractivity (Wildman–Crippen MR) is 77.8 cm³/mol. The van der Waals surface area contributed by atoms with Crippen molar-refractivity contribution in [2.45, 2.75) is 51.2 Å². The van der Waals surface area contributed by atoms with Crippen molar-refractivity contribution in [3.8, 4) is 0 Å². The number of halogens is 2. The molecule has 0 aliphatic carbocycles. The van der Waals surface area contributed by atoms with Crippen molar-refractivity contribution in [1.82, 2.24) is 0 Å². The highest BCUT2D eigenvalue weighted by molar-refractivity contribution is 6.71. The molecule has 0 N–H and O–H groups in total. The average Bonchev–Trinajstić information content (AvgIpc) is 2.37. The Bertz CT molecular complexity index is 394. The second-order valence-electron chi connectivity index (χ2n) is 5.63. The van der Waals surface area contributed by atoms with Crippen LogP contribution in [-0.4, -0.2) is 15.4 Å². The molecule has 4 heteroatoms. The summed E-state index contributed by atoms with van der Waals surface area (Å²) in [7, 11) is 0.394. The van der Waals surface area contributed by atoms with Crippen molar-refractivity contribution in [3.05, 3.63) is 35.4 Å². The van der Waals surface area contributed by atoms with Crippen LogP contribution in [0.3, 0.4) is 0 Å². The maximum Gasteiger partial charge on any atom is 0.186 e. The van der Waals surface area contributed by atoms with E-state index < -0.39 is 20.0 Å². The van der Waals surface area contributed by atoms with Crippen LogP contribution < -0.4 is 0 Å². The van der Waals surface area contributed by atoms with Crippen LogP contribution in [0, 0.1) is 11.6 Å². The van der Waals surface area contributed by atoms with E-state index in [-0.39, 0.29) is 0 Å². The van der Waals surface area contributed by atoms with Crippen molar-refractivity contribution < 1.29 is 13.2 Å². The summed E-state index contributed by atoms with van der Waals surface area (Å²) in [5, 5.41) is 0. The Kier molecular flexibility index (Phi) is 6.65. The Hall–Kier alpha value is -0.743. The van der Waals surface area contributed by atoms with Crippen molar-refractivity contribution in [1.29, 1.82) is 0 Å². The van der Waals surface area contributed by atoms with E-state index in [9.17, 15) is 8.78 Å². The molecule has 19 heavy (non-hydrogen) atoms. The third-order valence-corrected chi connectivity index (χ3v) is 6.19. The van der Waals surface area contributed by atoms with E-state index in [1.807, 2.05) is 0 Å². The third-order valence-electron chi connectivity index (χ3n) is 3.53. The van der Waals surface area contributed by atoms with E-state index in [0.29, 0.717) is 0 Å². The number of rotatable bonds is 8. The third kappa shape index (κ3) is 6.30. The van der Waals surface area contributed by atoms with E-state index in [4.69, 9.17) is 4.43 Å². The maximum absolute atomic E-state index is 13.0. The first-order valence-electron chi connectivity index (χ1n) is 6.94. The van der Waals surface area contributed by atoms with E-state index in [2.05, 4.69) is 13.1 Å². The van der Waals surface area contributed by atoms with Gasteiger partial charge in [-0.3, -0.25) is 0 Å². The summed E-state index contributed by atoms with van der Waals surface area (Å²) in [6.07, 6.45) is 5.36. The molecule has 1 aromatic carbocycles. The topological polar surface area (TPSA) is 9.23 Å². The largest absolute Gasteiger partial charge is 0.420 e. The van der Waals surface area contributed by atoms with Gasteiger partial charge in [0.05, 0.1) is 0 Å². The quantitative estimate of drug-likeness (QED) is 0.487. The molecule has 0 spiro atoms. The highest BCUT2D eigenvalue weighted by atomic mass is 28.4. The molecule has 0 aromatic heterocycles. The molecular weight excluding hydrogens is 262 g/mol. The molecule has 0 heterocycles. The Balaban J connectivity index is 2.16. The fourth-order valence-corrected chi connectivity index (χ4v) is 3.34. The van der Waals surface area contributed by atoms with Gasteiger partial charge < -0.3 is 4.43 Å². The predicted octanol–water partition coefficient (Wildman–Crippen LogP) is 4.92. The summed E-state index contributed by atoms with van der Waals surface area (Å²) in [4.78, 5) is 0. The van der Waals surface area contributed by atoms with Gasteiger partial charge >= 0.3 is 0 Å².